The Labute approximate surface area is 54.3 Å². The summed E-state index contributed by atoms with van der Waals surface area (Å²) >= 11 is -5.27. The Bertz CT molecular complexity index is 56.9. The predicted molar refractivity (Wildman–Crippen MR) is 13.3 cm³/mol. The van der Waals surface area contributed by atoms with Gasteiger partial charge >= 0.3 is 54.5 Å². The van der Waals surface area contributed by atoms with Crippen LogP contribution in [0.4, 0.5) is 0 Å². The molecular formula is CuO3SSb. The zero-order chi connectivity index (χ0) is 4.50. The molecule has 0 saturated heterocycles. The number of hydrogen-bond donors (Lipinski definition) is 0. The third kappa shape index (κ3) is 51.8. The van der Waals surface area contributed by atoms with E-state index in [4.69, 9.17) is 10.2 Å². The van der Waals surface area contributed by atoms with Gasteiger partial charge in [-0.2, -0.15) is 0 Å². The molecule has 0 N–H and O–H groups in total. The van der Waals surface area contributed by atoms with Crippen LogP contribution in [0.25, 0.3) is 0 Å². The summed E-state index contributed by atoms with van der Waals surface area (Å²) in [5.74, 6) is 0. The maximum absolute atomic E-state index is 9.01. The minimum absolute atomic E-state index is 0. The predicted octanol–water partition coefficient (Wildman–Crippen LogP) is -3.30. The molecule has 0 heterocycles. The van der Waals surface area contributed by atoms with Crippen LogP contribution in [0.2, 0.25) is 0 Å². The van der Waals surface area contributed by atoms with E-state index in [1.165, 1.54) is 0 Å². The topological polar surface area (TPSA) is 69.2 Å². The Morgan fingerprint density at radius 3 is 1.17 bits per heavy atom. The Morgan fingerprint density at radius 1 is 1.17 bits per heavy atom. The van der Waals surface area contributed by atoms with E-state index in [-0.39, 0.29) is 17.1 Å². The second-order valence-electron chi connectivity index (χ2n) is 0.447. The van der Waals surface area contributed by atoms with Crippen LogP contribution in [0.3, 0.4) is 0 Å². The summed E-state index contributed by atoms with van der Waals surface area (Å²) in [6.07, 6.45) is 0. The van der Waals surface area contributed by atoms with Crippen LogP contribution in [0, 0.1) is 0 Å². The van der Waals surface area contributed by atoms with E-state index >= 15 is 0 Å². The van der Waals surface area contributed by atoms with Crippen LogP contribution in [0.1, 0.15) is 0 Å². The van der Waals surface area contributed by atoms with Crippen molar-refractivity contribution in [2.75, 3.05) is 0 Å². The van der Waals surface area contributed by atoms with E-state index in [2.05, 4.69) is 9.19 Å². The van der Waals surface area contributed by atoms with Gasteiger partial charge in [0.05, 0.1) is 0 Å². The van der Waals surface area contributed by atoms with Gasteiger partial charge in [-0.3, -0.25) is 0 Å². The first kappa shape index (κ1) is 10.4. The van der Waals surface area contributed by atoms with Gasteiger partial charge in [0.15, 0.2) is 0 Å². The molecule has 0 unspecified atom stereocenters. The fourth-order valence-corrected chi connectivity index (χ4v) is 0. The molecule has 0 aromatic heterocycles. The van der Waals surface area contributed by atoms with E-state index in [9.17, 15) is 0 Å². The summed E-state index contributed by atoms with van der Waals surface area (Å²) in [5.41, 5.74) is 0. The van der Waals surface area contributed by atoms with Crippen molar-refractivity contribution in [2.24, 2.45) is 0 Å². The first-order valence-electron chi connectivity index (χ1n) is 0.730. The molecule has 0 aliphatic heterocycles. The second-order valence-corrected chi connectivity index (χ2v) is 6.00. The molecule has 6 heavy (non-hydrogen) atoms. The van der Waals surface area contributed by atoms with Crippen LogP contribution in [0.5, 0.6) is 0 Å². The average Bonchev–Trinajstić information content (AvgIpc) is 0.722. The zero-order valence-electron chi connectivity index (χ0n) is 2.38. The Morgan fingerprint density at radius 2 is 1.17 bits per heavy atom. The first-order chi connectivity index (χ1) is 2.00. The molecular weight excluding hydrogens is 265 g/mol. The standard InChI is InChI=1S/Cu.3O.S.Sb/q+3;3*-1;;. The number of rotatable bonds is 0. The molecule has 0 fully saturated rings. The third-order valence-electron chi connectivity index (χ3n) is 0. The molecule has 0 saturated carbocycles. The minimum atomic E-state index is -5.27. The molecule has 3 nitrogen and oxygen atoms in total. The molecule has 0 atom stereocenters. The zero-order valence-corrected chi connectivity index (χ0v) is 6.69. The van der Waals surface area contributed by atoms with Crippen LogP contribution in [0.15, 0.2) is 0 Å². The molecule has 0 aliphatic rings. The summed E-state index contributed by atoms with van der Waals surface area (Å²) in [6, 6.07) is 0. The van der Waals surface area contributed by atoms with Gasteiger partial charge in [0.2, 0.25) is 0 Å². The Kier molecular flexibility index (Phi) is 5.98. The molecule has 0 amide bonds. The van der Waals surface area contributed by atoms with Crippen LogP contribution >= 0.6 is 9.19 Å². The van der Waals surface area contributed by atoms with Gasteiger partial charge < -0.3 is 0 Å². The van der Waals surface area contributed by atoms with Gasteiger partial charge in [0.1, 0.15) is 0 Å². The van der Waals surface area contributed by atoms with E-state index in [1.807, 2.05) is 0 Å². The van der Waals surface area contributed by atoms with Crippen molar-refractivity contribution in [1.29, 1.82) is 0 Å². The molecule has 0 spiro atoms. The summed E-state index contributed by atoms with van der Waals surface area (Å²) in [7, 11) is 3.36. The molecule has 0 aromatic carbocycles. The van der Waals surface area contributed by atoms with Crippen molar-refractivity contribution in [1.82, 2.24) is 0 Å². The van der Waals surface area contributed by atoms with Crippen LogP contribution < -0.4 is 10.2 Å². The van der Waals surface area contributed by atoms with Gasteiger partial charge in [-0.05, 0) is 0 Å². The van der Waals surface area contributed by atoms with Crippen molar-refractivity contribution in [2.45, 2.75) is 0 Å². The maximum atomic E-state index is 9.01. The summed E-state index contributed by atoms with van der Waals surface area (Å²) in [4.78, 5) is 0. The van der Waals surface area contributed by atoms with Crippen molar-refractivity contribution < 1.29 is 27.2 Å². The van der Waals surface area contributed by atoms with Gasteiger partial charge in [-0.15, -0.1) is 0 Å². The molecule has 0 radical (unpaired) electrons. The average molecular weight is 265 g/mol. The number of hydrogen-bond acceptors (Lipinski definition) is 4. The van der Waals surface area contributed by atoms with Gasteiger partial charge in [0, 0.05) is 0 Å². The summed E-state index contributed by atoms with van der Waals surface area (Å²) in [5, 5.41) is 0. The molecule has 40 valence electrons. The van der Waals surface area contributed by atoms with E-state index in [1.54, 1.807) is 0 Å². The third-order valence-corrected chi connectivity index (χ3v) is 0. The molecule has 0 aliphatic carbocycles. The monoisotopic (exact) mass is 264 g/mol. The SMILES string of the molecule is [Cu+3].[O-][Sb]([O-])([O-])=[S]. The van der Waals surface area contributed by atoms with Gasteiger partial charge in [0.25, 0.3) is 0 Å². The quantitative estimate of drug-likeness (QED) is 0.430. The molecule has 0 rings (SSSR count). The summed E-state index contributed by atoms with van der Waals surface area (Å²) in [6.45, 7) is 0. The van der Waals surface area contributed by atoms with Crippen LogP contribution in [-0.4, -0.2) is 18.1 Å². The first-order valence-corrected chi connectivity index (χ1v) is 7.35. The van der Waals surface area contributed by atoms with Crippen LogP contribution in [-0.2, 0) is 17.1 Å². The Hall–Kier alpha value is 1.44. The van der Waals surface area contributed by atoms with Gasteiger partial charge in [-0.1, -0.05) is 0 Å². The Balaban J connectivity index is 0. The summed E-state index contributed by atoms with van der Waals surface area (Å²) < 4.78 is 27.0. The van der Waals surface area contributed by atoms with Crippen molar-refractivity contribution in [3.8, 4) is 0 Å². The molecule has 0 aromatic rings. The van der Waals surface area contributed by atoms with E-state index in [0.717, 1.165) is 0 Å². The second kappa shape index (κ2) is 3.44. The molecule has 6 heteroatoms. The molecule has 0 bridgehead atoms. The van der Waals surface area contributed by atoms with E-state index < -0.39 is 18.1 Å². The normalized spacial score (nSPS) is 9.83. The van der Waals surface area contributed by atoms with Crippen molar-refractivity contribution in [3.05, 3.63) is 0 Å². The van der Waals surface area contributed by atoms with Crippen molar-refractivity contribution >= 4 is 27.3 Å². The van der Waals surface area contributed by atoms with E-state index in [0.29, 0.717) is 0 Å². The fraction of sp³-hybridized carbons (Fsp3) is 0. The fourth-order valence-electron chi connectivity index (χ4n) is 0. The van der Waals surface area contributed by atoms with Crippen molar-refractivity contribution in [3.63, 3.8) is 0 Å². The van der Waals surface area contributed by atoms with Gasteiger partial charge in [-0.25, -0.2) is 0 Å².